The van der Waals surface area contributed by atoms with Crippen LogP contribution in [0.1, 0.15) is 16.6 Å². The number of pyridine rings is 1. The van der Waals surface area contributed by atoms with E-state index < -0.39 is 6.85 Å². The lowest BCUT2D eigenvalue weighted by molar-refractivity contribution is -0.660. The second-order valence-corrected chi connectivity index (χ2v) is 5.17. The Morgan fingerprint density at radius 1 is 0.905 bits per heavy atom. The molecule has 0 atom stereocenters. The minimum Gasteiger partial charge on any atom is -0.201 e. The SMILES string of the molecule is [2H]c1c(C([2H])([2H])[2H])c(-c2ccccc2)cc(-c2ccccc2C)[n+]1C. The van der Waals surface area contributed by atoms with E-state index in [2.05, 4.69) is 0 Å². The largest absolute Gasteiger partial charge is 0.213 e. The maximum absolute atomic E-state index is 8.50. The molecule has 0 amide bonds. The number of rotatable bonds is 2. The number of benzene rings is 2. The molecule has 0 bridgehead atoms. The molecule has 1 heteroatoms. The molecule has 1 aromatic heterocycles. The van der Waals surface area contributed by atoms with E-state index in [-0.39, 0.29) is 11.7 Å². The van der Waals surface area contributed by atoms with E-state index in [1.165, 1.54) is 0 Å². The second kappa shape index (κ2) is 5.53. The lowest BCUT2D eigenvalue weighted by Gasteiger charge is -2.09. The van der Waals surface area contributed by atoms with Crippen molar-refractivity contribution in [1.29, 1.82) is 0 Å². The molecular weight excluding hydrogens is 254 g/mol. The molecule has 0 radical (unpaired) electrons. The van der Waals surface area contributed by atoms with Crippen LogP contribution in [0.25, 0.3) is 22.4 Å². The number of aryl methyl sites for hydroxylation is 1. The highest BCUT2D eigenvalue weighted by Crippen LogP contribution is 2.27. The molecule has 0 saturated heterocycles. The Labute approximate surface area is 132 Å². The van der Waals surface area contributed by atoms with Gasteiger partial charge in [0.1, 0.15) is 8.42 Å². The van der Waals surface area contributed by atoms with E-state index >= 15 is 0 Å². The summed E-state index contributed by atoms with van der Waals surface area (Å²) in [5, 5.41) is 0. The maximum atomic E-state index is 8.50. The first kappa shape index (κ1) is 9.51. The zero-order chi connectivity index (χ0) is 18.2. The fourth-order valence-electron chi connectivity index (χ4n) is 2.56. The van der Waals surface area contributed by atoms with Crippen LogP contribution in [0.4, 0.5) is 0 Å². The van der Waals surface area contributed by atoms with Crippen LogP contribution in [-0.2, 0) is 7.05 Å². The molecule has 3 rings (SSSR count). The van der Waals surface area contributed by atoms with Crippen LogP contribution in [-0.4, -0.2) is 0 Å². The fraction of sp³-hybridized carbons (Fsp3) is 0.150. The Balaban J connectivity index is 2.38. The zero-order valence-electron chi connectivity index (χ0n) is 16.2. The molecular formula is C20H20N+. The van der Waals surface area contributed by atoms with E-state index in [4.69, 9.17) is 5.48 Å². The standard InChI is InChI=1S/C20H20N/c1-15-9-7-8-12-18(15)20-13-19(16(2)14-21(20)3)17-10-5-4-6-11-17/h4-14H,1-3H3/q+1/i2D3,14D. The van der Waals surface area contributed by atoms with Crippen molar-refractivity contribution in [3.05, 3.63) is 78.0 Å². The van der Waals surface area contributed by atoms with Crippen molar-refractivity contribution >= 4 is 0 Å². The highest BCUT2D eigenvalue weighted by Gasteiger charge is 2.15. The minimum atomic E-state index is -2.36. The first-order valence-electron chi connectivity index (χ1n) is 8.96. The van der Waals surface area contributed by atoms with E-state index in [1.54, 1.807) is 11.6 Å². The molecule has 0 spiro atoms. The van der Waals surface area contributed by atoms with Gasteiger partial charge in [-0.15, -0.1) is 0 Å². The van der Waals surface area contributed by atoms with Gasteiger partial charge in [0.15, 0.2) is 6.17 Å². The normalized spacial score (nSPS) is 14.0. The van der Waals surface area contributed by atoms with E-state index in [0.29, 0.717) is 5.56 Å². The number of hydrogen-bond acceptors (Lipinski definition) is 0. The lowest BCUT2D eigenvalue weighted by Crippen LogP contribution is -2.31. The van der Waals surface area contributed by atoms with Crippen LogP contribution in [0.2, 0.25) is 0 Å². The summed E-state index contributed by atoms with van der Waals surface area (Å²) in [4.78, 5) is 0. The van der Waals surface area contributed by atoms with Crippen molar-refractivity contribution in [2.24, 2.45) is 7.05 Å². The van der Waals surface area contributed by atoms with Crippen molar-refractivity contribution < 1.29 is 10.1 Å². The summed E-state index contributed by atoms with van der Waals surface area (Å²) in [6.07, 6.45) is 0.0135. The maximum Gasteiger partial charge on any atom is 0.213 e. The smallest absolute Gasteiger partial charge is 0.201 e. The van der Waals surface area contributed by atoms with Gasteiger partial charge in [0.25, 0.3) is 0 Å². The first-order chi connectivity index (χ1) is 11.8. The number of hydrogen-bond donors (Lipinski definition) is 0. The Kier molecular flexibility index (Phi) is 2.50. The molecule has 0 N–H and O–H groups in total. The molecule has 0 aliphatic heterocycles. The summed E-state index contributed by atoms with van der Waals surface area (Å²) in [5.41, 5.74) is 4.37. The van der Waals surface area contributed by atoms with Crippen molar-refractivity contribution in [2.75, 3.05) is 0 Å². The van der Waals surface area contributed by atoms with Crippen molar-refractivity contribution in [2.45, 2.75) is 13.8 Å². The highest BCUT2D eigenvalue weighted by atomic mass is 14.9. The van der Waals surface area contributed by atoms with Crippen LogP contribution >= 0.6 is 0 Å². The van der Waals surface area contributed by atoms with Gasteiger partial charge >= 0.3 is 0 Å². The minimum absolute atomic E-state index is 0.0135. The van der Waals surface area contributed by atoms with Crippen LogP contribution in [0.5, 0.6) is 0 Å². The molecule has 104 valence electrons. The average Bonchev–Trinajstić information content (AvgIpc) is 2.57. The van der Waals surface area contributed by atoms with Gasteiger partial charge in [0.05, 0.1) is 0 Å². The lowest BCUT2D eigenvalue weighted by atomic mass is 9.97. The van der Waals surface area contributed by atoms with Crippen LogP contribution in [0, 0.1) is 13.8 Å². The predicted molar refractivity (Wildman–Crippen MR) is 88.0 cm³/mol. The molecule has 0 unspecified atom stereocenters. The van der Waals surface area contributed by atoms with Crippen LogP contribution < -0.4 is 4.57 Å². The Morgan fingerprint density at radius 3 is 2.33 bits per heavy atom. The summed E-state index contributed by atoms with van der Waals surface area (Å²) in [6, 6.07) is 19.2. The Morgan fingerprint density at radius 2 is 1.62 bits per heavy atom. The molecule has 21 heavy (non-hydrogen) atoms. The Hall–Kier alpha value is -2.41. The van der Waals surface area contributed by atoms with Gasteiger partial charge in [-0.25, -0.2) is 4.57 Å². The van der Waals surface area contributed by atoms with Gasteiger partial charge in [-0.1, -0.05) is 48.5 Å². The van der Waals surface area contributed by atoms with E-state index in [9.17, 15) is 0 Å². The van der Waals surface area contributed by atoms with E-state index in [0.717, 1.165) is 22.4 Å². The summed E-state index contributed by atoms with van der Waals surface area (Å²) in [5.74, 6) is 0. The topological polar surface area (TPSA) is 3.88 Å². The van der Waals surface area contributed by atoms with Crippen molar-refractivity contribution in [1.82, 2.24) is 0 Å². The number of aromatic nitrogens is 1. The quantitative estimate of drug-likeness (QED) is 0.609. The summed E-state index contributed by atoms with van der Waals surface area (Å²) >= 11 is 0. The molecule has 0 fully saturated rings. The van der Waals surface area contributed by atoms with Crippen LogP contribution in [0.3, 0.4) is 0 Å². The van der Waals surface area contributed by atoms with Gasteiger partial charge in [0.2, 0.25) is 5.69 Å². The van der Waals surface area contributed by atoms with Gasteiger partial charge in [-0.05, 0) is 36.5 Å². The third kappa shape index (κ3) is 2.59. The van der Waals surface area contributed by atoms with Crippen molar-refractivity contribution in [3.8, 4) is 22.4 Å². The molecule has 0 aliphatic rings. The average molecular weight is 278 g/mol. The monoisotopic (exact) mass is 278 g/mol. The van der Waals surface area contributed by atoms with Gasteiger partial charge in [-0.2, -0.15) is 0 Å². The van der Waals surface area contributed by atoms with Crippen LogP contribution in [0.15, 0.2) is 66.8 Å². The van der Waals surface area contributed by atoms with Gasteiger partial charge in [0, 0.05) is 21.3 Å². The first-order valence-corrected chi connectivity index (χ1v) is 6.96. The molecule has 1 nitrogen and oxygen atoms in total. The molecule has 1 heterocycles. The summed E-state index contributed by atoms with van der Waals surface area (Å²) in [6.45, 7) is -0.344. The molecule has 0 saturated carbocycles. The van der Waals surface area contributed by atoms with Gasteiger partial charge in [-0.3, -0.25) is 0 Å². The Bertz CT molecular complexity index is 915. The third-order valence-electron chi connectivity index (χ3n) is 3.70. The van der Waals surface area contributed by atoms with Gasteiger partial charge < -0.3 is 0 Å². The molecule has 2 aromatic carbocycles. The van der Waals surface area contributed by atoms with Crippen molar-refractivity contribution in [3.63, 3.8) is 0 Å². The second-order valence-electron chi connectivity index (χ2n) is 5.17. The highest BCUT2D eigenvalue weighted by molar-refractivity contribution is 5.72. The fourth-order valence-corrected chi connectivity index (χ4v) is 2.56. The predicted octanol–water partition coefficient (Wildman–Crippen LogP) is 4.46. The molecule has 3 aromatic rings. The zero-order valence-corrected chi connectivity index (χ0v) is 12.2. The third-order valence-corrected chi connectivity index (χ3v) is 3.70. The van der Waals surface area contributed by atoms with E-state index in [1.807, 2.05) is 67.6 Å². The number of nitrogens with zero attached hydrogens (tertiary/aromatic N) is 1. The summed E-state index contributed by atoms with van der Waals surface area (Å²) < 4.78 is 33.9. The summed E-state index contributed by atoms with van der Waals surface area (Å²) in [7, 11) is 1.74. The molecule has 0 aliphatic carbocycles.